The molecule has 3 heterocycles. The number of ether oxygens (including phenoxy) is 2. The lowest BCUT2D eigenvalue weighted by Gasteiger charge is -2.39. The maximum atomic E-state index is 5.80. The number of nitrogens with zero attached hydrogens (tertiary/aromatic N) is 2. The van der Waals surface area contributed by atoms with Gasteiger partial charge < -0.3 is 9.47 Å². The molecule has 100 valence electrons. The molecule has 1 aromatic heterocycles. The molecule has 0 spiro atoms. The van der Waals surface area contributed by atoms with Gasteiger partial charge in [0, 0.05) is 30.1 Å². The molecule has 3 rings (SSSR count). The van der Waals surface area contributed by atoms with E-state index >= 15 is 0 Å². The van der Waals surface area contributed by atoms with E-state index in [0.29, 0.717) is 5.92 Å². The lowest BCUT2D eigenvalue weighted by Crippen LogP contribution is -2.46. The van der Waals surface area contributed by atoms with Crippen LogP contribution in [-0.2, 0) is 16.0 Å². The zero-order valence-corrected chi connectivity index (χ0v) is 11.6. The van der Waals surface area contributed by atoms with Crippen molar-refractivity contribution < 1.29 is 9.47 Å². The van der Waals surface area contributed by atoms with Crippen LogP contribution in [0.25, 0.3) is 0 Å². The van der Waals surface area contributed by atoms with E-state index in [1.165, 1.54) is 24.3 Å². The minimum absolute atomic E-state index is 0.355. The van der Waals surface area contributed by atoms with Crippen LogP contribution in [0.5, 0.6) is 0 Å². The van der Waals surface area contributed by atoms with Crippen molar-refractivity contribution in [2.75, 3.05) is 26.3 Å². The Morgan fingerprint density at radius 3 is 3.06 bits per heavy atom. The second kappa shape index (κ2) is 5.25. The number of hydrogen-bond donors (Lipinski definition) is 0. The molecule has 0 saturated carbocycles. The third-order valence-electron chi connectivity index (χ3n) is 3.97. The summed E-state index contributed by atoms with van der Waals surface area (Å²) in [4.78, 5) is 7.98. The van der Waals surface area contributed by atoms with E-state index in [1.54, 1.807) is 11.3 Å². The predicted molar refractivity (Wildman–Crippen MR) is 70.4 cm³/mol. The molecule has 18 heavy (non-hydrogen) atoms. The van der Waals surface area contributed by atoms with E-state index in [2.05, 4.69) is 16.8 Å². The van der Waals surface area contributed by atoms with Crippen molar-refractivity contribution in [2.45, 2.75) is 32.1 Å². The number of rotatable bonds is 3. The number of piperidine rings is 1. The zero-order valence-electron chi connectivity index (χ0n) is 10.8. The molecule has 0 N–H and O–H groups in total. The van der Waals surface area contributed by atoms with Crippen molar-refractivity contribution in [3.63, 3.8) is 0 Å². The minimum Gasteiger partial charge on any atom is -0.347 e. The highest BCUT2D eigenvalue weighted by Crippen LogP contribution is 2.34. The van der Waals surface area contributed by atoms with Crippen LogP contribution in [0, 0.1) is 5.92 Å². The molecule has 2 aliphatic heterocycles. The normalized spacial score (nSPS) is 28.6. The average molecular weight is 268 g/mol. The van der Waals surface area contributed by atoms with Gasteiger partial charge in [0.25, 0.3) is 0 Å². The third-order valence-corrected chi connectivity index (χ3v) is 4.74. The van der Waals surface area contributed by atoms with Crippen molar-refractivity contribution in [1.82, 2.24) is 9.88 Å². The molecule has 2 aliphatic rings. The standard InChI is InChI=1S/C13H20N2O2S/c1-13(16-5-6-17-13)11-3-2-4-15(8-11)9-12-7-14-10-18-12/h7,10-11H,2-6,8-9H2,1H3. The molecule has 2 fully saturated rings. The van der Waals surface area contributed by atoms with Gasteiger partial charge in [-0.15, -0.1) is 11.3 Å². The number of hydrogen-bond acceptors (Lipinski definition) is 5. The summed E-state index contributed by atoms with van der Waals surface area (Å²) in [7, 11) is 0. The fourth-order valence-corrected chi connectivity index (χ4v) is 3.57. The molecular formula is C13H20N2O2S. The Balaban J connectivity index is 1.61. The summed E-state index contributed by atoms with van der Waals surface area (Å²) in [5, 5.41) is 0. The van der Waals surface area contributed by atoms with Crippen LogP contribution >= 0.6 is 11.3 Å². The molecule has 0 amide bonds. The van der Waals surface area contributed by atoms with Crippen LogP contribution in [0.4, 0.5) is 0 Å². The highest BCUT2D eigenvalue weighted by atomic mass is 32.1. The smallest absolute Gasteiger partial charge is 0.169 e. The first-order valence-electron chi connectivity index (χ1n) is 6.64. The molecule has 0 aliphatic carbocycles. The quantitative estimate of drug-likeness (QED) is 0.841. The van der Waals surface area contributed by atoms with E-state index in [-0.39, 0.29) is 5.79 Å². The van der Waals surface area contributed by atoms with Gasteiger partial charge in [-0.2, -0.15) is 0 Å². The van der Waals surface area contributed by atoms with Gasteiger partial charge in [-0.05, 0) is 26.3 Å². The van der Waals surface area contributed by atoms with Gasteiger partial charge in [0.2, 0.25) is 0 Å². The molecule has 0 bridgehead atoms. The zero-order chi connectivity index (χ0) is 12.4. The Morgan fingerprint density at radius 2 is 2.33 bits per heavy atom. The first kappa shape index (κ1) is 12.5. The van der Waals surface area contributed by atoms with Crippen LogP contribution < -0.4 is 0 Å². The summed E-state index contributed by atoms with van der Waals surface area (Å²) >= 11 is 1.73. The van der Waals surface area contributed by atoms with Gasteiger partial charge in [0.1, 0.15) is 0 Å². The fourth-order valence-electron chi connectivity index (χ4n) is 2.93. The van der Waals surface area contributed by atoms with E-state index in [1.807, 2.05) is 11.7 Å². The van der Waals surface area contributed by atoms with Crippen LogP contribution in [0.3, 0.4) is 0 Å². The van der Waals surface area contributed by atoms with E-state index in [9.17, 15) is 0 Å². The molecular weight excluding hydrogens is 248 g/mol. The van der Waals surface area contributed by atoms with E-state index in [4.69, 9.17) is 9.47 Å². The molecule has 5 heteroatoms. The average Bonchev–Trinajstić information content (AvgIpc) is 3.02. The van der Waals surface area contributed by atoms with Crippen LogP contribution in [0.15, 0.2) is 11.7 Å². The predicted octanol–water partition coefficient (Wildman–Crippen LogP) is 2.12. The van der Waals surface area contributed by atoms with Crippen molar-refractivity contribution in [2.24, 2.45) is 5.92 Å². The Labute approximate surface area is 112 Å². The first-order chi connectivity index (χ1) is 8.76. The Kier molecular flexibility index (Phi) is 3.66. The second-order valence-electron chi connectivity index (χ2n) is 5.25. The minimum atomic E-state index is -0.355. The maximum Gasteiger partial charge on any atom is 0.169 e. The summed E-state index contributed by atoms with van der Waals surface area (Å²) in [5.41, 5.74) is 1.90. The number of likely N-dealkylation sites (tertiary alicyclic amines) is 1. The first-order valence-corrected chi connectivity index (χ1v) is 7.52. The van der Waals surface area contributed by atoms with Gasteiger partial charge in [0.05, 0.1) is 18.7 Å². The highest BCUT2D eigenvalue weighted by Gasteiger charge is 2.41. The van der Waals surface area contributed by atoms with Gasteiger partial charge in [0.15, 0.2) is 5.79 Å². The lowest BCUT2D eigenvalue weighted by atomic mass is 9.90. The van der Waals surface area contributed by atoms with Gasteiger partial charge in [-0.3, -0.25) is 9.88 Å². The summed E-state index contributed by atoms with van der Waals surface area (Å²) in [5.74, 6) is 0.133. The Morgan fingerprint density at radius 1 is 1.50 bits per heavy atom. The molecule has 1 atom stereocenters. The van der Waals surface area contributed by atoms with Crippen LogP contribution in [0.2, 0.25) is 0 Å². The SMILES string of the molecule is CC1(C2CCCN(Cc3cncs3)C2)OCCO1. The maximum absolute atomic E-state index is 5.80. The number of thiazole rings is 1. The van der Waals surface area contributed by atoms with Crippen molar-refractivity contribution in [1.29, 1.82) is 0 Å². The van der Waals surface area contributed by atoms with Crippen molar-refractivity contribution >= 4 is 11.3 Å². The molecule has 1 unspecified atom stereocenters. The second-order valence-corrected chi connectivity index (χ2v) is 6.23. The molecule has 0 aromatic carbocycles. The summed E-state index contributed by atoms with van der Waals surface area (Å²) < 4.78 is 11.6. The Hall–Kier alpha value is -0.490. The van der Waals surface area contributed by atoms with Crippen LogP contribution in [0.1, 0.15) is 24.6 Å². The summed E-state index contributed by atoms with van der Waals surface area (Å²) in [6.07, 6.45) is 4.40. The van der Waals surface area contributed by atoms with Crippen molar-refractivity contribution in [3.8, 4) is 0 Å². The lowest BCUT2D eigenvalue weighted by molar-refractivity contribution is -0.192. The molecule has 2 saturated heterocycles. The van der Waals surface area contributed by atoms with Crippen molar-refractivity contribution in [3.05, 3.63) is 16.6 Å². The monoisotopic (exact) mass is 268 g/mol. The topological polar surface area (TPSA) is 34.6 Å². The fraction of sp³-hybridized carbons (Fsp3) is 0.769. The molecule has 0 radical (unpaired) electrons. The Bertz CT molecular complexity index is 376. The van der Waals surface area contributed by atoms with Gasteiger partial charge in [-0.1, -0.05) is 0 Å². The summed E-state index contributed by atoms with van der Waals surface area (Å²) in [6, 6.07) is 0. The molecule has 1 aromatic rings. The summed E-state index contributed by atoms with van der Waals surface area (Å²) in [6.45, 7) is 6.82. The third kappa shape index (κ3) is 2.59. The van der Waals surface area contributed by atoms with Gasteiger partial charge in [-0.25, -0.2) is 0 Å². The largest absolute Gasteiger partial charge is 0.347 e. The highest BCUT2D eigenvalue weighted by molar-refractivity contribution is 7.09. The molecule has 4 nitrogen and oxygen atoms in total. The van der Waals surface area contributed by atoms with E-state index in [0.717, 1.165) is 26.3 Å². The van der Waals surface area contributed by atoms with Crippen LogP contribution in [-0.4, -0.2) is 42.0 Å². The van der Waals surface area contributed by atoms with E-state index < -0.39 is 0 Å². The van der Waals surface area contributed by atoms with Gasteiger partial charge >= 0.3 is 0 Å². The number of aromatic nitrogens is 1.